The average Bonchev–Trinajstić information content (AvgIpc) is 3.18. The summed E-state index contributed by atoms with van der Waals surface area (Å²) in [5.74, 6) is -0.430. The molecule has 108 valence electrons. The molecule has 6 heteroatoms. The topological polar surface area (TPSA) is 30.2 Å². The fraction of sp³-hybridized carbons (Fsp3) is 0. The van der Waals surface area contributed by atoms with Gasteiger partial charge in [0.2, 0.25) is 0 Å². The van der Waals surface area contributed by atoms with Crippen LogP contribution >= 0.6 is 22.9 Å². The second-order valence-electron chi connectivity index (χ2n) is 4.75. The number of hydrogen-bond acceptors (Lipinski definition) is 3. The molecule has 22 heavy (non-hydrogen) atoms. The molecule has 0 saturated heterocycles. The van der Waals surface area contributed by atoms with Crippen LogP contribution in [0.5, 0.6) is 0 Å². The van der Waals surface area contributed by atoms with Gasteiger partial charge >= 0.3 is 0 Å². The summed E-state index contributed by atoms with van der Waals surface area (Å²) >= 11 is 7.51. The van der Waals surface area contributed by atoms with Crippen LogP contribution in [0.4, 0.5) is 4.39 Å². The summed E-state index contributed by atoms with van der Waals surface area (Å²) in [5, 5.41) is 2.11. The highest BCUT2D eigenvalue weighted by molar-refractivity contribution is 7.13. The maximum absolute atomic E-state index is 13.3. The maximum Gasteiger partial charge on any atom is 0.155 e. The van der Waals surface area contributed by atoms with Crippen molar-refractivity contribution in [2.75, 3.05) is 0 Å². The van der Waals surface area contributed by atoms with Gasteiger partial charge in [-0.25, -0.2) is 14.4 Å². The number of fused-ring (bicyclic) bond motifs is 1. The molecule has 0 spiro atoms. The SMILES string of the molecule is Fc1ccc(-c2cnc3cnc(-c4cccs4)cn23)cc1Cl. The monoisotopic (exact) mass is 329 g/mol. The highest BCUT2D eigenvalue weighted by Gasteiger charge is 2.10. The molecule has 3 heterocycles. The summed E-state index contributed by atoms with van der Waals surface area (Å²) in [6, 6.07) is 8.66. The van der Waals surface area contributed by atoms with Crippen LogP contribution in [0.25, 0.3) is 27.5 Å². The van der Waals surface area contributed by atoms with Gasteiger partial charge in [0.15, 0.2) is 5.65 Å². The van der Waals surface area contributed by atoms with Gasteiger partial charge in [-0.1, -0.05) is 17.7 Å². The number of aromatic nitrogens is 3. The van der Waals surface area contributed by atoms with E-state index < -0.39 is 5.82 Å². The number of nitrogens with zero attached hydrogens (tertiary/aromatic N) is 3. The van der Waals surface area contributed by atoms with Crippen molar-refractivity contribution in [3.8, 4) is 21.8 Å². The standard InChI is InChI=1S/C16H9ClFN3S/c17-11-6-10(3-4-12(11)18)14-7-20-16-8-19-13(9-21(14)16)15-2-1-5-22-15/h1-9H. The summed E-state index contributed by atoms with van der Waals surface area (Å²) in [6.45, 7) is 0. The van der Waals surface area contributed by atoms with E-state index in [0.717, 1.165) is 27.5 Å². The van der Waals surface area contributed by atoms with E-state index >= 15 is 0 Å². The minimum atomic E-state index is -0.430. The molecule has 0 saturated carbocycles. The molecule has 0 amide bonds. The third-order valence-electron chi connectivity index (χ3n) is 3.38. The largest absolute Gasteiger partial charge is 0.296 e. The minimum absolute atomic E-state index is 0.0972. The Kier molecular flexibility index (Phi) is 3.17. The van der Waals surface area contributed by atoms with E-state index in [1.54, 1.807) is 35.9 Å². The Morgan fingerprint density at radius 2 is 2.05 bits per heavy atom. The molecule has 0 atom stereocenters. The molecule has 0 unspecified atom stereocenters. The van der Waals surface area contributed by atoms with Crippen LogP contribution in [0.2, 0.25) is 5.02 Å². The van der Waals surface area contributed by atoms with Gasteiger partial charge in [-0.05, 0) is 29.6 Å². The predicted molar refractivity (Wildman–Crippen MR) is 86.7 cm³/mol. The van der Waals surface area contributed by atoms with E-state index in [-0.39, 0.29) is 5.02 Å². The van der Waals surface area contributed by atoms with Crippen LogP contribution in [0.15, 0.2) is 54.3 Å². The molecule has 0 aliphatic heterocycles. The van der Waals surface area contributed by atoms with Gasteiger partial charge in [-0.2, -0.15) is 0 Å². The van der Waals surface area contributed by atoms with Gasteiger partial charge in [-0.3, -0.25) is 4.40 Å². The number of thiophene rings is 1. The predicted octanol–water partition coefficient (Wildman–Crippen LogP) is 4.92. The van der Waals surface area contributed by atoms with Crippen LogP contribution in [-0.2, 0) is 0 Å². The van der Waals surface area contributed by atoms with Crippen LogP contribution in [0, 0.1) is 5.82 Å². The van der Waals surface area contributed by atoms with E-state index in [9.17, 15) is 4.39 Å². The van der Waals surface area contributed by atoms with Crippen molar-refractivity contribution in [2.24, 2.45) is 0 Å². The third kappa shape index (κ3) is 2.19. The van der Waals surface area contributed by atoms with Crippen LogP contribution in [0.1, 0.15) is 0 Å². The average molecular weight is 330 g/mol. The number of halogens is 2. The summed E-state index contributed by atoms with van der Waals surface area (Å²) in [4.78, 5) is 9.85. The Morgan fingerprint density at radius 3 is 2.82 bits per heavy atom. The first kappa shape index (κ1) is 13.4. The van der Waals surface area contributed by atoms with Crippen molar-refractivity contribution in [2.45, 2.75) is 0 Å². The van der Waals surface area contributed by atoms with E-state index in [2.05, 4.69) is 9.97 Å². The lowest BCUT2D eigenvalue weighted by Crippen LogP contribution is -1.92. The fourth-order valence-corrected chi connectivity index (χ4v) is 3.18. The van der Waals surface area contributed by atoms with Crippen LogP contribution in [0.3, 0.4) is 0 Å². The molecule has 0 bridgehead atoms. The molecule has 3 aromatic heterocycles. The Balaban J connectivity index is 1.91. The van der Waals surface area contributed by atoms with Crippen molar-refractivity contribution in [3.05, 3.63) is 65.1 Å². The molecular weight excluding hydrogens is 321 g/mol. The zero-order chi connectivity index (χ0) is 15.1. The zero-order valence-corrected chi connectivity index (χ0v) is 12.8. The molecule has 0 aliphatic carbocycles. The molecule has 4 rings (SSSR count). The van der Waals surface area contributed by atoms with Crippen molar-refractivity contribution < 1.29 is 4.39 Å². The molecule has 1 aromatic carbocycles. The first-order chi connectivity index (χ1) is 10.7. The fourth-order valence-electron chi connectivity index (χ4n) is 2.31. The van der Waals surface area contributed by atoms with Gasteiger partial charge < -0.3 is 0 Å². The van der Waals surface area contributed by atoms with Crippen molar-refractivity contribution in [3.63, 3.8) is 0 Å². The Morgan fingerprint density at radius 1 is 1.14 bits per heavy atom. The highest BCUT2D eigenvalue weighted by atomic mass is 35.5. The number of benzene rings is 1. The molecule has 4 aromatic rings. The van der Waals surface area contributed by atoms with E-state index in [1.165, 1.54) is 6.07 Å². The van der Waals surface area contributed by atoms with Crippen molar-refractivity contribution >= 4 is 28.6 Å². The number of rotatable bonds is 2. The number of imidazole rings is 1. The van der Waals surface area contributed by atoms with Crippen molar-refractivity contribution in [1.82, 2.24) is 14.4 Å². The zero-order valence-electron chi connectivity index (χ0n) is 11.2. The lowest BCUT2D eigenvalue weighted by molar-refractivity contribution is 0.628. The Hall–Kier alpha value is -2.24. The van der Waals surface area contributed by atoms with Gasteiger partial charge in [-0.15, -0.1) is 11.3 Å². The van der Waals surface area contributed by atoms with E-state index in [1.807, 2.05) is 28.1 Å². The van der Waals surface area contributed by atoms with Gasteiger partial charge in [0.25, 0.3) is 0 Å². The smallest absolute Gasteiger partial charge is 0.155 e. The quantitative estimate of drug-likeness (QED) is 0.522. The first-order valence-electron chi connectivity index (χ1n) is 6.55. The summed E-state index contributed by atoms with van der Waals surface area (Å²) in [5.41, 5.74) is 3.25. The Bertz CT molecular complexity index is 963. The summed E-state index contributed by atoms with van der Waals surface area (Å²) in [6.07, 6.45) is 5.39. The second-order valence-corrected chi connectivity index (χ2v) is 6.11. The summed E-state index contributed by atoms with van der Waals surface area (Å²) in [7, 11) is 0. The maximum atomic E-state index is 13.3. The molecule has 0 fully saturated rings. The number of hydrogen-bond donors (Lipinski definition) is 0. The van der Waals surface area contributed by atoms with Gasteiger partial charge in [0, 0.05) is 11.8 Å². The van der Waals surface area contributed by atoms with Crippen molar-refractivity contribution in [1.29, 1.82) is 0 Å². The molecule has 0 N–H and O–H groups in total. The molecule has 0 radical (unpaired) electrons. The van der Waals surface area contributed by atoms with E-state index in [4.69, 9.17) is 11.6 Å². The summed E-state index contributed by atoms with van der Waals surface area (Å²) < 4.78 is 15.3. The third-order valence-corrected chi connectivity index (χ3v) is 4.57. The second kappa shape index (κ2) is 5.19. The molecule has 3 nitrogen and oxygen atoms in total. The van der Waals surface area contributed by atoms with Crippen LogP contribution < -0.4 is 0 Å². The normalized spacial score (nSPS) is 11.2. The van der Waals surface area contributed by atoms with Gasteiger partial charge in [0.1, 0.15) is 5.82 Å². The first-order valence-corrected chi connectivity index (χ1v) is 7.80. The lowest BCUT2D eigenvalue weighted by atomic mass is 10.1. The van der Waals surface area contributed by atoms with Gasteiger partial charge in [0.05, 0.1) is 33.7 Å². The van der Waals surface area contributed by atoms with Crippen LogP contribution in [-0.4, -0.2) is 14.4 Å². The Labute approximate surface area is 134 Å². The molecular formula is C16H9ClFN3S. The van der Waals surface area contributed by atoms with E-state index in [0.29, 0.717) is 0 Å². The minimum Gasteiger partial charge on any atom is -0.296 e. The highest BCUT2D eigenvalue weighted by Crippen LogP contribution is 2.28. The lowest BCUT2D eigenvalue weighted by Gasteiger charge is -2.05. The molecule has 0 aliphatic rings.